The van der Waals surface area contributed by atoms with Crippen LogP contribution in [0.2, 0.25) is 0 Å². The van der Waals surface area contributed by atoms with Crippen LogP contribution in [0.1, 0.15) is 10.5 Å². The number of hydrogen-bond acceptors (Lipinski definition) is 4. The minimum atomic E-state index is -1.26. The smallest absolute Gasteiger partial charge is 0.355 e. The van der Waals surface area contributed by atoms with E-state index in [0.29, 0.717) is 5.52 Å². The molecule has 0 fully saturated rings. The highest BCUT2D eigenvalue weighted by Gasteiger charge is 2.13. The number of rotatable bonds is 1. The average Bonchev–Trinajstić information content (AvgIpc) is 2.17. The second-order valence-electron chi connectivity index (χ2n) is 2.90. The van der Waals surface area contributed by atoms with Crippen molar-refractivity contribution in [1.29, 1.82) is 0 Å². The maximum absolute atomic E-state index is 12.9. The van der Waals surface area contributed by atoms with E-state index >= 15 is 0 Å². The fraction of sp³-hybridized carbons (Fsp3) is 0. The van der Waals surface area contributed by atoms with E-state index in [9.17, 15) is 9.18 Å². The molecule has 0 saturated heterocycles. The molecule has 0 saturated carbocycles. The number of carboxylic acids is 1. The van der Waals surface area contributed by atoms with Gasteiger partial charge in [-0.2, -0.15) is 0 Å². The summed E-state index contributed by atoms with van der Waals surface area (Å²) in [6.07, 6.45) is 0. The van der Waals surface area contributed by atoms with Crippen molar-refractivity contribution in [2.75, 3.05) is 5.73 Å². The van der Waals surface area contributed by atoms with Gasteiger partial charge in [-0.15, -0.1) is 0 Å². The number of benzene rings is 1. The van der Waals surface area contributed by atoms with Crippen molar-refractivity contribution in [3.8, 4) is 0 Å². The third-order valence-corrected chi connectivity index (χ3v) is 1.88. The molecule has 5 nitrogen and oxygen atoms in total. The fourth-order valence-corrected chi connectivity index (χ4v) is 1.28. The second kappa shape index (κ2) is 3.16. The van der Waals surface area contributed by atoms with E-state index in [1.54, 1.807) is 0 Å². The molecule has 6 heteroatoms. The van der Waals surface area contributed by atoms with E-state index in [-0.39, 0.29) is 17.0 Å². The Bertz CT molecular complexity index is 556. The summed E-state index contributed by atoms with van der Waals surface area (Å²) < 4.78 is 12.9. The summed E-state index contributed by atoms with van der Waals surface area (Å²) in [4.78, 5) is 18.1. The molecular weight excluding hydrogens is 201 g/mol. The van der Waals surface area contributed by atoms with E-state index in [1.807, 2.05) is 0 Å². The third kappa shape index (κ3) is 1.56. The molecule has 1 aromatic heterocycles. The Balaban J connectivity index is 2.87. The van der Waals surface area contributed by atoms with Crippen LogP contribution in [0.3, 0.4) is 0 Å². The molecule has 0 unspecified atom stereocenters. The minimum absolute atomic E-state index is 0.136. The first-order valence-electron chi connectivity index (χ1n) is 4.04. The lowest BCUT2D eigenvalue weighted by atomic mass is 10.2. The van der Waals surface area contributed by atoms with Crippen molar-refractivity contribution in [1.82, 2.24) is 9.97 Å². The molecule has 2 rings (SSSR count). The van der Waals surface area contributed by atoms with E-state index in [1.165, 1.54) is 12.1 Å². The van der Waals surface area contributed by atoms with Gasteiger partial charge in [-0.1, -0.05) is 0 Å². The maximum Gasteiger partial charge on any atom is 0.355 e. The molecule has 0 radical (unpaired) electrons. The number of hydrogen-bond donors (Lipinski definition) is 2. The highest BCUT2D eigenvalue weighted by Crippen LogP contribution is 2.17. The zero-order valence-corrected chi connectivity index (χ0v) is 7.44. The Morgan fingerprint density at radius 3 is 2.80 bits per heavy atom. The van der Waals surface area contributed by atoms with Gasteiger partial charge in [0.05, 0.1) is 5.52 Å². The van der Waals surface area contributed by atoms with Gasteiger partial charge in [0.2, 0.25) is 5.95 Å². The first-order valence-corrected chi connectivity index (χ1v) is 4.04. The summed E-state index contributed by atoms with van der Waals surface area (Å²) in [5.41, 5.74) is 5.33. The van der Waals surface area contributed by atoms with E-state index < -0.39 is 11.8 Å². The molecule has 15 heavy (non-hydrogen) atoms. The summed E-state index contributed by atoms with van der Waals surface area (Å²) >= 11 is 0. The molecular formula is C9H6FN3O2. The normalized spacial score (nSPS) is 10.5. The summed E-state index contributed by atoms with van der Waals surface area (Å²) in [5, 5.41) is 8.97. The van der Waals surface area contributed by atoms with Gasteiger partial charge in [0.15, 0.2) is 5.69 Å². The van der Waals surface area contributed by atoms with Gasteiger partial charge in [-0.25, -0.2) is 19.2 Å². The third-order valence-electron chi connectivity index (χ3n) is 1.88. The number of aromatic carboxylic acids is 1. The second-order valence-corrected chi connectivity index (χ2v) is 2.90. The molecule has 2 aromatic rings. The summed E-state index contributed by atoms with van der Waals surface area (Å²) in [6.45, 7) is 0. The van der Waals surface area contributed by atoms with Crippen LogP contribution in [0.25, 0.3) is 10.9 Å². The van der Waals surface area contributed by atoms with E-state index in [2.05, 4.69) is 9.97 Å². The zero-order valence-electron chi connectivity index (χ0n) is 7.44. The summed E-state index contributed by atoms with van der Waals surface area (Å²) in [7, 11) is 0. The number of nitrogens with two attached hydrogens (primary N) is 1. The number of aromatic nitrogens is 2. The number of carboxylic acid groups (broad SMARTS) is 1. The molecule has 0 spiro atoms. The molecule has 0 atom stereocenters. The van der Waals surface area contributed by atoms with Crippen LogP contribution in [-0.2, 0) is 0 Å². The molecule has 3 N–H and O–H groups in total. The van der Waals surface area contributed by atoms with Crippen LogP contribution in [-0.4, -0.2) is 21.0 Å². The number of nitrogen functional groups attached to an aromatic ring is 1. The topological polar surface area (TPSA) is 89.1 Å². The first-order chi connectivity index (χ1) is 7.08. The van der Waals surface area contributed by atoms with E-state index in [0.717, 1.165) is 6.07 Å². The number of anilines is 1. The van der Waals surface area contributed by atoms with Crippen LogP contribution in [0.5, 0.6) is 0 Å². The summed E-state index contributed by atoms with van der Waals surface area (Å²) in [5.74, 6) is -1.95. The number of nitrogens with zero attached hydrogens (tertiary/aromatic N) is 2. The molecule has 1 heterocycles. The number of halogens is 1. The van der Waals surface area contributed by atoms with Gasteiger partial charge in [-0.05, 0) is 18.2 Å². The lowest BCUT2D eigenvalue weighted by Crippen LogP contribution is -2.06. The quantitative estimate of drug-likeness (QED) is 0.729. The van der Waals surface area contributed by atoms with Crippen molar-refractivity contribution in [3.63, 3.8) is 0 Å². The predicted octanol–water partition coefficient (Wildman–Crippen LogP) is 1.05. The zero-order chi connectivity index (χ0) is 11.0. The van der Waals surface area contributed by atoms with Crippen LogP contribution < -0.4 is 5.73 Å². The largest absolute Gasteiger partial charge is 0.476 e. The highest BCUT2D eigenvalue weighted by atomic mass is 19.1. The van der Waals surface area contributed by atoms with Crippen molar-refractivity contribution in [2.45, 2.75) is 0 Å². The Morgan fingerprint density at radius 1 is 1.40 bits per heavy atom. The van der Waals surface area contributed by atoms with Gasteiger partial charge >= 0.3 is 5.97 Å². The van der Waals surface area contributed by atoms with Crippen LogP contribution in [0.15, 0.2) is 18.2 Å². The summed E-state index contributed by atoms with van der Waals surface area (Å²) in [6, 6.07) is 3.60. The van der Waals surface area contributed by atoms with Crippen molar-refractivity contribution in [2.24, 2.45) is 0 Å². The Kier molecular flexibility index (Phi) is 1.96. The van der Waals surface area contributed by atoms with Gasteiger partial charge in [0.25, 0.3) is 0 Å². The van der Waals surface area contributed by atoms with Gasteiger partial charge in [0, 0.05) is 5.39 Å². The van der Waals surface area contributed by atoms with Crippen LogP contribution >= 0.6 is 0 Å². The molecule has 0 bridgehead atoms. The standard InChI is InChI=1S/C9H6FN3O2/c10-4-1-2-6-5(3-4)7(8(14)15)13-9(11)12-6/h1-3H,(H,14,15)(H2,11,12,13). The van der Waals surface area contributed by atoms with Crippen molar-refractivity contribution < 1.29 is 14.3 Å². The lowest BCUT2D eigenvalue weighted by molar-refractivity contribution is 0.0693. The Morgan fingerprint density at radius 2 is 2.13 bits per heavy atom. The molecule has 76 valence electrons. The Hall–Kier alpha value is -2.24. The molecule has 0 amide bonds. The highest BCUT2D eigenvalue weighted by molar-refractivity contribution is 6.00. The molecule has 0 aliphatic heterocycles. The predicted molar refractivity (Wildman–Crippen MR) is 50.9 cm³/mol. The van der Waals surface area contributed by atoms with Gasteiger partial charge in [-0.3, -0.25) is 0 Å². The fourth-order valence-electron chi connectivity index (χ4n) is 1.28. The van der Waals surface area contributed by atoms with Crippen LogP contribution in [0.4, 0.5) is 10.3 Å². The van der Waals surface area contributed by atoms with Gasteiger partial charge in [0.1, 0.15) is 5.82 Å². The minimum Gasteiger partial charge on any atom is -0.476 e. The molecule has 1 aromatic carbocycles. The monoisotopic (exact) mass is 207 g/mol. The van der Waals surface area contributed by atoms with Crippen molar-refractivity contribution in [3.05, 3.63) is 29.7 Å². The SMILES string of the molecule is Nc1nc(C(=O)O)c2cc(F)ccc2n1. The number of carbonyl (C=O) groups is 1. The first kappa shape index (κ1) is 9.32. The average molecular weight is 207 g/mol. The number of fused-ring (bicyclic) bond motifs is 1. The lowest BCUT2D eigenvalue weighted by Gasteiger charge is -2.02. The molecule has 0 aliphatic rings. The Labute approximate surface area is 83.4 Å². The maximum atomic E-state index is 12.9. The molecule has 0 aliphatic carbocycles. The van der Waals surface area contributed by atoms with Crippen molar-refractivity contribution >= 4 is 22.8 Å². The van der Waals surface area contributed by atoms with Crippen LogP contribution in [0, 0.1) is 5.82 Å². The van der Waals surface area contributed by atoms with E-state index in [4.69, 9.17) is 10.8 Å². The van der Waals surface area contributed by atoms with Gasteiger partial charge < -0.3 is 10.8 Å².